The number of unbranched alkanes of at least 4 members (excludes halogenated alkanes) is 1. The summed E-state index contributed by atoms with van der Waals surface area (Å²) in [6.07, 6.45) is -6.67. The van der Waals surface area contributed by atoms with Crippen LogP contribution < -0.4 is 15.4 Å². The number of fused-ring (bicyclic) bond motifs is 1. The predicted molar refractivity (Wildman–Crippen MR) is 392 cm³/mol. The lowest BCUT2D eigenvalue weighted by atomic mass is 9.89. The number of aliphatic hydroxyl groups is 4. The van der Waals surface area contributed by atoms with Crippen molar-refractivity contribution in [1.29, 1.82) is 0 Å². The number of amides is 7. The number of likely N-dealkylation sites (N-methyl/N-ethyl adjacent to an activating group) is 2. The molecule has 8 N–H and O–H groups in total. The van der Waals surface area contributed by atoms with Crippen LogP contribution in [0.1, 0.15) is 139 Å². The second-order valence-corrected chi connectivity index (χ2v) is 29.7. The van der Waals surface area contributed by atoms with E-state index in [1.54, 1.807) is 77.0 Å². The fraction of sp³-hybridized carbons (Fsp3) is 0.667. The molecule has 3 saturated heterocycles. The maximum absolute atomic E-state index is 15.2. The Bertz CT molecular complexity index is 3620. The number of nitrogens with zero attached hydrogens (tertiary/aromatic N) is 7. The average Bonchev–Trinajstić information content (AvgIpc) is 1.58. The molecule has 2 aromatic carbocycles. The Labute approximate surface area is 633 Å². The van der Waals surface area contributed by atoms with Gasteiger partial charge in [0.1, 0.15) is 59.3 Å². The van der Waals surface area contributed by atoms with Gasteiger partial charge in [-0.1, -0.05) is 116 Å². The van der Waals surface area contributed by atoms with Crippen LogP contribution in [0.2, 0.25) is 0 Å². The van der Waals surface area contributed by atoms with Crippen molar-refractivity contribution >= 4 is 74.9 Å². The van der Waals surface area contributed by atoms with Gasteiger partial charge in [-0.25, -0.2) is 19.1 Å². The molecule has 3 aliphatic heterocycles. The van der Waals surface area contributed by atoms with Gasteiger partial charge >= 0.3 is 18.0 Å². The van der Waals surface area contributed by atoms with Crippen LogP contribution in [-0.2, 0) is 86.1 Å². The molecule has 0 saturated carbocycles. The molecule has 4 unspecified atom stereocenters. The molecule has 2 aromatic heterocycles. The number of carboxylic acids is 2. The number of aliphatic carboxylic acids is 1. The number of aliphatic hydroxyl groups excluding tert-OH is 4. The summed E-state index contributed by atoms with van der Waals surface area (Å²) in [4.78, 5) is 129. The molecule has 33 heteroatoms. The summed E-state index contributed by atoms with van der Waals surface area (Å²) in [7, 11) is 5.84. The van der Waals surface area contributed by atoms with Crippen LogP contribution in [0.3, 0.4) is 0 Å². The number of likely N-dealkylation sites (tertiary alicyclic amines) is 2. The van der Waals surface area contributed by atoms with E-state index in [-0.39, 0.29) is 134 Å². The second-order valence-electron chi connectivity index (χ2n) is 28.6. The first kappa shape index (κ1) is 87.4. The lowest BCUT2D eigenvalue weighted by Crippen LogP contribution is -2.60. The molecule has 7 rings (SSSR count). The number of aromatic nitrogens is 3. The summed E-state index contributed by atoms with van der Waals surface area (Å²) in [5.74, 6) is -7.55. The monoisotopic (exact) mass is 1540 g/mol. The minimum Gasteiger partial charge on any atom is -0.480 e. The number of carbonyl (C=O) groups excluding carboxylic acids is 7. The Hall–Kier alpha value is -7.83. The van der Waals surface area contributed by atoms with Gasteiger partial charge in [-0.3, -0.25) is 38.6 Å². The number of ether oxygens (including phenoxy) is 8. The first-order valence-electron chi connectivity index (χ1n) is 37.2. The van der Waals surface area contributed by atoms with Crippen molar-refractivity contribution < 1.29 is 112 Å². The minimum atomic E-state index is -1.83. The SMILES string of the molecule is CCCCC1CC(=O)N(CCOCCOCCOCCn2cc(CC(OC(=O)N(C)[C@H](C(=O)N[C@H](C(=O)N(C)[C@@H](C(C)CC)[C@@H](CC(=O)N3CCC[C@H]3[C@H](OC)[C@@H](C)C(=O)NC(Cc3ccccc3)C(=O)O)OC)C(C)C)C(C)C)c3ccc(O[C@@H]4O[C@H](CO)[C@H](O)[C@H](O)[C@H]4O)c4cc(C(=O)O)sc34)nn2)C1=O. The quantitative estimate of drug-likeness (QED) is 0.0227. The minimum absolute atomic E-state index is 0.0515. The van der Waals surface area contributed by atoms with Gasteiger partial charge in [0.25, 0.3) is 0 Å². The van der Waals surface area contributed by atoms with Gasteiger partial charge in [-0.15, -0.1) is 16.4 Å². The summed E-state index contributed by atoms with van der Waals surface area (Å²) in [5.41, 5.74) is 1.27. The normalized spacial score (nSPS) is 21.4. The number of nitrogens with one attached hydrogen (secondary N) is 2. The van der Waals surface area contributed by atoms with Gasteiger partial charge in [0.05, 0.1) is 102 Å². The Morgan fingerprint density at radius 1 is 0.796 bits per heavy atom. The zero-order chi connectivity index (χ0) is 79.2. The lowest BCUT2D eigenvalue weighted by molar-refractivity contribution is -0.277. The van der Waals surface area contributed by atoms with Crippen molar-refractivity contribution in [3.63, 3.8) is 0 Å². The second kappa shape index (κ2) is 41.8. The van der Waals surface area contributed by atoms with Crippen molar-refractivity contribution in [3.8, 4) is 5.75 Å². The van der Waals surface area contributed by atoms with Crippen molar-refractivity contribution in [2.24, 2.45) is 29.6 Å². The number of aromatic carboxylic acids is 1. The number of hydrogen-bond acceptors (Lipinski definition) is 24. The molecule has 3 fully saturated rings. The highest BCUT2D eigenvalue weighted by atomic mass is 32.1. The van der Waals surface area contributed by atoms with Gasteiger partial charge in [0.2, 0.25) is 41.7 Å². The van der Waals surface area contributed by atoms with Crippen molar-refractivity contribution in [2.75, 3.05) is 87.7 Å². The Morgan fingerprint density at radius 2 is 1.47 bits per heavy atom. The number of carbonyl (C=O) groups is 9. The highest BCUT2D eigenvalue weighted by molar-refractivity contribution is 7.21. The topological polar surface area (TPSA) is 417 Å². The lowest BCUT2D eigenvalue weighted by Gasteiger charge is -2.41. The third-order valence-corrected chi connectivity index (χ3v) is 21.6. The number of rotatable bonds is 44. The zero-order valence-electron chi connectivity index (χ0n) is 63.9. The maximum atomic E-state index is 15.2. The molecular formula is C75H111N9O23S. The molecule has 3 aliphatic rings. The van der Waals surface area contributed by atoms with Crippen LogP contribution in [0.4, 0.5) is 4.79 Å². The Morgan fingerprint density at radius 3 is 2.08 bits per heavy atom. The first-order valence-corrected chi connectivity index (χ1v) is 38.0. The van der Waals surface area contributed by atoms with Gasteiger partial charge in [0.15, 0.2) is 0 Å². The largest absolute Gasteiger partial charge is 0.480 e. The number of methoxy groups -OCH3 is 2. The van der Waals surface area contributed by atoms with E-state index in [1.807, 2.05) is 26.8 Å². The number of benzene rings is 2. The van der Waals surface area contributed by atoms with Crippen LogP contribution in [0.15, 0.2) is 54.7 Å². The molecule has 108 heavy (non-hydrogen) atoms. The fourth-order valence-corrected chi connectivity index (χ4v) is 15.3. The molecule has 7 amide bonds. The van der Waals surface area contributed by atoms with Crippen molar-refractivity contribution in [1.82, 2.24) is 45.2 Å². The van der Waals surface area contributed by atoms with Crippen LogP contribution in [0.5, 0.6) is 5.75 Å². The molecule has 0 spiro atoms. The van der Waals surface area contributed by atoms with E-state index in [1.165, 1.54) is 53.9 Å². The van der Waals surface area contributed by atoms with Crippen molar-refractivity contribution in [2.45, 2.75) is 205 Å². The van der Waals surface area contributed by atoms with Crippen LogP contribution in [-0.4, -0.2) is 279 Å². The third kappa shape index (κ3) is 22.7. The van der Waals surface area contributed by atoms with Gasteiger partial charge < -0.3 is 89.0 Å². The van der Waals surface area contributed by atoms with Crippen molar-refractivity contribution in [3.05, 3.63) is 76.4 Å². The molecule has 600 valence electrons. The van der Waals surface area contributed by atoms with E-state index in [2.05, 4.69) is 20.9 Å². The van der Waals surface area contributed by atoms with Crippen LogP contribution in [0, 0.1) is 29.6 Å². The summed E-state index contributed by atoms with van der Waals surface area (Å²) in [6, 6.07) is 8.12. The molecule has 16 atom stereocenters. The summed E-state index contributed by atoms with van der Waals surface area (Å²) < 4.78 is 49.0. The highest BCUT2D eigenvalue weighted by Crippen LogP contribution is 2.42. The van der Waals surface area contributed by atoms with E-state index >= 15 is 4.79 Å². The van der Waals surface area contributed by atoms with E-state index in [0.29, 0.717) is 37.9 Å². The first-order chi connectivity index (χ1) is 51.5. The summed E-state index contributed by atoms with van der Waals surface area (Å²) in [5, 5.41) is 76.9. The van der Waals surface area contributed by atoms with Crippen LogP contribution in [0.25, 0.3) is 10.1 Å². The highest BCUT2D eigenvalue weighted by Gasteiger charge is 2.47. The molecule has 5 heterocycles. The molecule has 32 nitrogen and oxygen atoms in total. The molecule has 0 aliphatic carbocycles. The Balaban J connectivity index is 1.04. The molecule has 0 radical (unpaired) electrons. The van der Waals surface area contributed by atoms with Gasteiger partial charge in [0, 0.05) is 81.9 Å². The number of carboxylic acid groups (broad SMARTS) is 2. The van der Waals surface area contributed by atoms with E-state index in [4.69, 9.17) is 37.9 Å². The smallest absolute Gasteiger partial charge is 0.410 e. The number of imide groups is 1. The molecule has 4 aromatic rings. The predicted octanol–water partition coefficient (Wildman–Crippen LogP) is 4.23. The number of hydrogen-bond donors (Lipinski definition) is 8. The molecule has 0 bridgehead atoms. The van der Waals surface area contributed by atoms with Gasteiger partial charge in [-0.05, 0) is 54.7 Å². The van der Waals surface area contributed by atoms with Gasteiger partial charge in [-0.2, -0.15) is 0 Å². The molecular weight excluding hydrogens is 1430 g/mol. The number of thiophene rings is 1. The zero-order valence-corrected chi connectivity index (χ0v) is 64.7. The third-order valence-electron chi connectivity index (χ3n) is 20.5. The van der Waals surface area contributed by atoms with E-state index in [9.17, 15) is 69.0 Å². The average molecular weight is 1540 g/mol. The van der Waals surface area contributed by atoms with Crippen LogP contribution >= 0.6 is 11.3 Å². The Kier molecular flexibility index (Phi) is 33.8. The van der Waals surface area contributed by atoms with E-state index < -0.39 is 139 Å². The summed E-state index contributed by atoms with van der Waals surface area (Å²) >= 11 is 0.804. The fourth-order valence-electron chi connectivity index (χ4n) is 14.2. The standard InChI is InChI=1S/C75H111N9O23S/c1-13-15-22-47-36-58(86)84(70(47)93)28-30-103-32-34-104-33-31-102-29-27-82-40-48(78-79-82)37-54(49-24-25-53(50-38-57(73(97)98)108-67(49)50)105-74-65(90)64(89)63(88)56(41-85)106-74)107-75(99)81(10)61(43(5)6)69(92)77-60(42(3)4)71(94)80(9)62(44(7)14-2)55(100-11)39-59(87)83-26-19-23-52(83)66(101-12)45(8)68(91)76-51(72(95)96)35-46-20-17-16-18-21-46/h16-18,20-21,24-25,38,40,42-45,47,51-52,54-56,60-66,74,85,88-90H,13-15,19,22-23,26-37,39,41H2,1-12H3,(H,76,91)(H,77,92)(H,95,96)(H,97,98)/t44?,45-,47?,51?,52+,54?,55-,56-,60+,61+,62+,63+,64+,65-,66-,74-/m1/s1. The summed E-state index contributed by atoms with van der Waals surface area (Å²) in [6.45, 7) is 15.8. The van der Waals surface area contributed by atoms with E-state index in [0.717, 1.165) is 34.6 Å². The maximum Gasteiger partial charge on any atom is 0.410 e.